The third kappa shape index (κ3) is 3.29. The van der Waals surface area contributed by atoms with E-state index in [-0.39, 0.29) is 15.9 Å². The number of H-pyrrole nitrogens is 1. The van der Waals surface area contributed by atoms with Crippen molar-refractivity contribution in [1.29, 1.82) is 0 Å². The van der Waals surface area contributed by atoms with Gasteiger partial charge in [0.05, 0.1) is 11.3 Å². The van der Waals surface area contributed by atoms with E-state index in [9.17, 15) is 40.4 Å². The topological polar surface area (TPSA) is 182 Å². The molecule has 0 radical (unpaired) electrons. The molecule has 1 aliphatic rings. The average Bonchev–Trinajstić information content (AvgIpc) is 3.25. The number of benzene rings is 1. The Kier molecular flexibility index (Phi) is 4.91. The molecule has 1 aliphatic heterocycles. The van der Waals surface area contributed by atoms with Gasteiger partial charge in [0.15, 0.2) is 0 Å². The lowest BCUT2D eigenvalue weighted by atomic mass is 9.93. The number of hydrogen-bond donors (Lipinski definition) is 4. The molecule has 33 heavy (non-hydrogen) atoms. The number of halogens is 4. The average molecular weight is 507 g/mol. The number of hydrogen-bond acceptors (Lipinski definition) is 9. The number of carbonyl (C=O) groups excluding carboxylic acids is 1. The van der Waals surface area contributed by atoms with E-state index in [1.165, 1.54) is 12.1 Å². The Balaban J connectivity index is 2.05. The van der Waals surface area contributed by atoms with Crippen molar-refractivity contribution < 1.29 is 30.8 Å². The van der Waals surface area contributed by atoms with Crippen LogP contribution in [0.15, 0.2) is 38.2 Å². The van der Waals surface area contributed by atoms with Gasteiger partial charge in [-0.15, -0.1) is 10.2 Å². The van der Waals surface area contributed by atoms with Crippen LogP contribution in [-0.2, 0) is 20.4 Å². The van der Waals surface area contributed by atoms with Gasteiger partial charge in [-0.05, 0) is 12.1 Å². The van der Waals surface area contributed by atoms with Gasteiger partial charge < -0.3 is 11.1 Å². The molecular formula is C15H9F4N7O5S2. The number of rotatable bonds is 4. The SMILES string of the molecule is Nc1nnc(S(=O)(=O)NC2(C(F)(F)F)C(=O)Nc3c2c(=O)[nH]c(=O)n3-c2ccccc2F)s1. The Hall–Kier alpha value is -3.64. The molecular weight excluding hydrogens is 498 g/mol. The van der Waals surface area contributed by atoms with Crippen LogP contribution in [0, 0.1) is 5.82 Å². The molecule has 12 nitrogen and oxygen atoms in total. The third-order valence-electron chi connectivity index (χ3n) is 4.52. The molecule has 4 rings (SSSR count). The van der Waals surface area contributed by atoms with Crippen molar-refractivity contribution in [3.8, 4) is 5.69 Å². The van der Waals surface area contributed by atoms with Gasteiger partial charge in [-0.1, -0.05) is 23.5 Å². The van der Waals surface area contributed by atoms with Crippen molar-refractivity contribution in [2.45, 2.75) is 16.1 Å². The third-order valence-corrected chi connectivity index (χ3v) is 7.09. The summed E-state index contributed by atoms with van der Waals surface area (Å²) in [5, 5.41) is 7.61. The highest BCUT2D eigenvalue weighted by Crippen LogP contribution is 2.46. The number of nitrogens with zero attached hydrogens (tertiary/aromatic N) is 3. The molecule has 18 heteroatoms. The predicted octanol–water partition coefficient (Wildman–Crippen LogP) is -0.213. The molecule has 1 unspecified atom stereocenters. The Bertz CT molecular complexity index is 1530. The predicted molar refractivity (Wildman–Crippen MR) is 104 cm³/mol. The molecule has 1 aromatic carbocycles. The van der Waals surface area contributed by atoms with Crippen LogP contribution in [0.1, 0.15) is 5.56 Å². The van der Waals surface area contributed by atoms with E-state index >= 15 is 0 Å². The van der Waals surface area contributed by atoms with Gasteiger partial charge >= 0.3 is 11.9 Å². The van der Waals surface area contributed by atoms with Gasteiger partial charge in [0, 0.05) is 0 Å². The van der Waals surface area contributed by atoms with E-state index in [0.29, 0.717) is 0 Å². The van der Waals surface area contributed by atoms with Crippen LogP contribution >= 0.6 is 11.3 Å². The molecule has 0 saturated heterocycles. The van der Waals surface area contributed by atoms with Gasteiger partial charge in [-0.3, -0.25) is 14.6 Å². The molecule has 0 bridgehead atoms. The molecule has 0 fully saturated rings. The zero-order valence-electron chi connectivity index (χ0n) is 15.6. The first-order valence-electron chi connectivity index (χ1n) is 8.45. The Labute approximate surface area is 183 Å². The molecule has 0 spiro atoms. The van der Waals surface area contributed by atoms with E-state index in [2.05, 4.69) is 10.2 Å². The van der Waals surface area contributed by atoms with Crippen molar-refractivity contribution in [2.75, 3.05) is 11.1 Å². The summed E-state index contributed by atoms with van der Waals surface area (Å²) in [5.74, 6) is -4.22. The second-order valence-electron chi connectivity index (χ2n) is 6.48. The Morgan fingerprint density at radius 1 is 1.15 bits per heavy atom. The minimum Gasteiger partial charge on any atom is -0.374 e. The number of aromatic nitrogens is 4. The van der Waals surface area contributed by atoms with Crippen LogP contribution in [0.3, 0.4) is 0 Å². The molecule has 0 aliphatic carbocycles. The summed E-state index contributed by atoms with van der Waals surface area (Å²) >= 11 is 0.194. The number of nitrogens with one attached hydrogen (secondary N) is 3. The van der Waals surface area contributed by atoms with Crippen molar-refractivity contribution in [2.24, 2.45) is 0 Å². The molecule has 1 amide bonds. The lowest BCUT2D eigenvalue weighted by Crippen LogP contribution is -2.61. The minimum atomic E-state index is -5.75. The summed E-state index contributed by atoms with van der Waals surface area (Å²) in [4.78, 5) is 39.1. The maximum Gasteiger partial charge on any atom is 0.421 e. The first-order valence-corrected chi connectivity index (χ1v) is 10.8. The number of fused-ring (bicyclic) bond motifs is 1. The number of nitrogens with two attached hydrogens (primary N) is 1. The van der Waals surface area contributed by atoms with E-state index in [1.54, 1.807) is 10.3 Å². The highest BCUT2D eigenvalue weighted by Gasteiger charge is 2.69. The van der Waals surface area contributed by atoms with Gasteiger partial charge in [0.25, 0.3) is 21.5 Å². The van der Waals surface area contributed by atoms with Crippen molar-refractivity contribution in [3.05, 3.63) is 56.5 Å². The van der Waals surface area contributed by atoms with Crippen LogP contribution < -0.4 is 27.0 Å². The van der Waals surface area contributed by atoms with E-state index < -0.39 is 71.3 Å². The fourth-order valence-corrected chi connectivity index (χ4v) is 5.29. The first-order chi connectivity index (χ1) is 15.3. The summed E-state index contributed by atoms with van der Waals surface area (Å²) in [7, 11) is -5.23. The number of aromatic amines is 1. The summed E-state index contributed by atoms with van der Waals surface area (Å²) in [6, 6.07) is 4.31. The normalized spacial score (nSPS) is 18.2. The van der Waals surface area contributed by atoms with Crippen LogP contribution in [0.2, 0.25) is 0 Å². The van der Waals surface area contributed by atoms with Crippen molar-refractivity contribution >= 4 is 38.2 Å². The first kappa shape index (κ1) is 22.6. The van der Waals surface area contributed by atoms with E-state index in [4.69, 9.17) is 5.73 Å². The van der Waals surface area contributed by atoms with Crippen LogP contribution in [0.5, 0.6) is 0 Å². The highest BCUT2D eigenvalue weighted by molar-refractivity contribution is 7.91. The number of nitrogen functional groups attached to an aromatic ring is 1. The van der Waals surface area contributed by atoms with Gasteiger partial charge in [-0.25, -0.2) is 22.2 Å². The molecule has 3 heterocycles. The minimum absolute atomic E-state index is 0.194. The highest BCUT2D eigenvalue weighted by atomic mass is 32.2. The quantitative estimate of drug-likeness (QED) is 0.350. The number of amides is 1. The van der Waals surface area contributed by atoms with Crippen LogP contribution in [0.25, 0.3) is 5.69 Å². The fraction of sp³-hybridized carbons (Fsp3) is 0.133. The van der Waals surface area contributed by atoms with Crippen molar-refractivity contribution in [1.82, 2.24) is 24.5 Å². The Morgan fingerprint density at radius 3 is 2.39 bits per heavy atom. The summed E-state index contributed by atoms with van der Waals surface area (Å²) < 4.78 is 82.9. The van der Waals surface area contributed by atoms with Crippen LogP contribution in [-0.4, -0.2) is 40.2 Å². The lowest BCUT2D eigenvalue weighted by Gasteiger charge is -2.29. The molecule has 0 saturated carbocycles. The number of alkyl halides is 3. The molecule has 174 valence electrons. The lowest BCUT2D eigenvalue weighted by molar-refractivity contribution is -0.194. The summed E-state index contributed by atoms with van der Waals surface area (Å²) in [6.45, 7) is 0. The van der Waals surface area contributed by atoms with E-state index in [1.807, 2.05) is 0 Å². The smallest absolute Gasteiger partial charge is 0.374 e. The van der Waals surface area contributed by atoms with Gasteiger partial charge in [0.2, 0.25) is 15.0 Å². The maximum atomic E-state index is 14.3. The molecule has 1 atom stereocenters. The number of sulfonamides is 1. The molecule has 2 aromatic heterocycles. The van der Waals surface area contributed by atoms with Gasteiger partial charge in [-0.2, -0.15) is 17.9 Å². The monoisotopic (exact) mass is 507 g/mol. The molecule has 5 N–H and O–H groups in total. The van der Waals surface area contributed by atoms with Crippen LogP contribution in [0.4, 0.5) is 28.5 Å². The van der Waals surface area contributed by atoms with E-state index in [0.717, 1.165) is 16.9 Å². The zero-order valence-corrected chi connectivity index (χ0v) is 17.2. The molecule has 3 aromatic rings. The summed E-state index contributed by atoms with van der Waals surface area (Å²) in [5.41, 5.74) is -4.20. The summed E-state index contributed by atoms with van der Waals surface area (Å²) in [6.07, 6.45) is -5.75. The maximum absolute atomic E-state index is 14.3. The fourth-order valence-electron chi connectivity index (χ4n) is 3.18. The second kappa shape index (κ2) is 7.18. The largest absolute Gasteiger partial charge is 0.421 e. The number of para-hydroxylation sites is 1. The number of carbonyl (C=O) groups is 1. The second-order valence-corrected chi connectivity index (χ2v) is 9.35. The number of anilines is 2. The zero-order chi connectivity index (χ0) is 24.3. The Morgan fingerprint density at radius 2 is 1.82 bits per heavy atom. The van der Waals surface area contributed by atoms with Gasteiger partial charge in [0.1, 0.15) is 11.6 Å². The van der Waals surface area contributed by atoms with Crippen molar-refractivity contribution in [3.63, 3.8) is 0 Å². The standard InChI is InChI=1S/C15H9F4N7O5S2/c16-5-3-1-2-4-6(5)26-8-7(9(27)22-12(26)29)14(10(28)21-8,15(17,18)19)25-33(30,31)13-24-23-11(20)32-13/h1-4,25H,(H2,20,23)(H,21,28)(H,22,27,29).